The molecular formula is C34H33KN2O10. The molecule has 4 aromatic rings. The number of carboxylic acids is 1. The van der Waals surface area contributed by atoms with E-state index in [-0.39, 0.29) is 64.4 Å². The topological polar surface area (TPSA) is 158 Å². The van der Waals surface area contributed by atoms with Gasteiger partial charge in [0.05, 0.1) is 27.2 Å². The van der Waals surface area contributed by atoms with E-state index < -0.39 is 60.1 Å². The number of esters is 1. The Labute approximate surface area is 313 Å². The van der Waals surface area contributed by atoms with Crippen molar-refractivity contribution in [1.29, 1.82) is 0 Å². The first-order valence-electron chi connectivity index (χ1n) is 14.6. The Bertz CT molecular complexity index is 1710. The Morgan fingerprint density at radius 1 is 0.872 bits per heavy atom. The number of hydrogen-bond acceptors (Lipinski definition) is 10. The van der Waals surface area contributed by atoms with E-state index in [1.54, 1.807) is 14.2 Å². The van der Waals surface area contributed by atoms with Crippen LogP contribution < -0.4 is 77.2 Å². The summed E-state index contributed by atoms with van der Waals surface area (Å²) in [5.74, 6) is -0.852. The van der Waals surface area contributed by atoms with Crippen LogP contribution in [0.5, 0.6) is 11.5 Å². The molecule has 0 saturated carbocycles. The number of aromatic nitrogens is 2. The van der Waals surface area contributed by atoms with Crippen LogP contribution in [0.2, 0.25) is 0 Å². The quantitative estimate of drug-likeness (QED) is 0.110. The van der Waals surface area contributed by atoms with Crippen molar-refractivity contribution in [2.75, 3.05) is 20.8 Å². The van der Waals surface area contributed by atoms with Gasteiger partial charge >= 0.3 is 63.0 Å². The molecule has 2 heterocycles. The summed E-state index contributed by atoms with van der Waals surface area (Å²) in [6.45, 7) is -0.125. The van der Waals surface area contributed by atoms with E-state index in [2.05, 4.69) is 4.98 Å². The molecule has 3 aromatic carbocycles. The van der Waals surface area contributed by atoms with Gasteiger partial charge in [0.1, 0.15) is 35.5 Å². The van der Waals surface area contributed by atoms with Gasteiger partial charge in [0, 0.05) is 24.7 Å². The van der Waals surface area contributed by atoms with Crippen molar-refractivity contribution in [3.8, 4) is 11.5 Å². The number of H-pyrrole nitrogens is 1. The fourth-order valence-electron chi connectivity index (χ4n) is 5.51. The molecule has 12 nitrogen and oxygen atoms in total. The number of nitrogens with one attached hydrogen (secondary N) is 1. The van der Waals surface area contributed by atoms with E-state index in [1.807, 2.05) is 78.9 Å². The summed E-state index contributed by atoms with van der Waals surface area (Å²) in [4.78, 5) is 50.1. The molecule has 47 heavy (non-hydrogen) atoms. The minimum absolute atomic E-state index is 0. The van der Waals surface area contributed by atoms with E-state index in [0.29, 0.717) is 11.5 Å². The van der Waals surface area contributed by atoms with Gasteiger partial charge in [0.2, 0.25) is 0 Å². The Morgan fingerprint density at radius 3 is 1.98 bits per heavy atom. The Balaban J connectivity index is 0.00000500. The second-order valence-corrected chi connectivity index (χ2v) is 10.6. The average Bonchev–Trinajstić information content (AvgIpc) is 3.46. The molecule has 0 radical (unpaired) electrons. The molecule has 0 amide bonds. The number of aromatic amines is 1. The number of ether oxygens (including phenoxy) is 5. The van der Waals surface area contributed by atoms with Crippen molar-refractivity contribution in [2.24, 2.45) is 0 Å². The molecule has 1 aliphatic rings. The first kappa shape index (κ1) is 36.3. The van der Waals surface area contributed by atoms with Gasteiger partial charge in [-0.1, -0.05) is 54.6 Å². The number of nitrogens with zero attached hydrogens (tertiary/aromatic N) is 1. The number of carbonyl (C=O) groups excluding carboxylic acids is 2. The molecule has 1 saturated heterocycles. The van der Waals surface area contributed by atoms with Gasteiger partial charge in [-0.3, -0.25) is 19.1 Å². The number of methoxy groups -OCH3 is 2. The summed E-state index contributed by atoms with van der Waals surface area (Å²) in [7, 11) is 3.16. The van der Waals surface area contributed by atoms with Gasteiger partial charge in [-0.25, -0.2) is 4.79 Å². The molecule has 0 aliphatic carbocycles. The van der Waals surface area contributed by atoms with E-state index in [0.717, 1.165) is 16.7 Å². The largest absolute Gasteiger partial charge is 1.00 e. The fraction of sp³-hybridized carbons (Fsp3) is 0.294. The van der Waals surface area contributed by atoms with Crippen LogP contribution in [0, 0.1) is 0 Å². The number of aliphatic carboxylic acids is 1. The summed E-state index contributed by atoms with van der Waals surface area (Å²) in [5.41, 5.74) is -0.164. The van der Waals surface area contributed by atoms with Crippen LogP contribution >= 0.6 is 0 Å². The molecule has 1 fully saturated rings. The first-order valence-corrected chi connectivity index (χ1v) is 14.6. The normalized spacial score (nSPS) is 17.4. The van der Waals surface area contributed by atoms with Gasteiger partial charge in [0.15, 0.2) is 0 Å². The third kappa shape index (κ3) is 8.48. The zero-order valence-electron chi connectivity index (χ0n) is 26.3. The molecular weight excluding hydrogens is 635 g/mol. The molecule has 13 heteroatoms. The van der Waals surface area contributed by atoms with Crippen molar-refractivity contribution in [1.82, 2.24) is 9.55 Å². The van der Waals surface area contributed by atoms with Crippen molar-refractivity contribution < 1.29 is 89.8 Å². The predicted octanol–water partition coefficient (Wildman–Crippen LogP) is -0.704. The van der Waals surface area contributed by atoms with Gasteiger partial charge in [0.25, 0.3) is 5.56 Å². The third-order valence-electron chi connectivity index (χ3n) is 7.80. The van der Waals surface area contributed by atoms with Crippen LogP contribution in [-0.4, -0.2) is 54.5 Å². The maximum Gasteiger partial charge on any atom is 1.00 e. The molecule has 0 bridgehead atoms. The van der Waals surface area contributed by atoms with Gasteiger partial charge in [-0.15, -0.1) is 0 Å². The third-order valence-corrected chi connectivity index (χ3v) is 7.80. The maximum atomic E-state index is 12.6. The van der Waals surface area contributed by atoms with Crippen LogP contribution in [0.15, 0.2) is 101 Å². The average molecular weight is 669 g/mol. The van der Waals surface area contributed by atoms with Crippen molar-refractivity contribution in [3.63, 3.8) is 0 Å². The molecule has 5 rings (SSSR count). The number of carboxylic acid groups (broad SMARTS) is 1. The molecule has 1 aromatic heterocycles. The summed E-state index contributed by atoms with van der Waals surface area (Å²) in [6.07, 6.45) is -2.30. The second-order valence-electron chi connectivity index (χ2n) is 10.6. The van der Waals surface area contributed by atoms with Crippen molar-refractivity contribution in [2.45, 2.75) is 43.3 Å². The molecule has 1 aliphatic heterocycles. The minimum atomic E-state index is -1.39. The summed E-state index contributed by atoms with van der Waals surface area (Å²) >= 11 is 0. The molecule has 1 N–H and O–H groups in total. The van der Waals surface area contributed by atoms with Crippen LogP contribution in [0.3, 0.4) is 0 Å². The smallest absolute Gasteiger partial charge is 0.550 e. The van der Waals surface area contributed by atoms with Gasteiger partial charge < -0.3 is 33.6 Å². The Morgan fingerprint density at radius 2 is 1.45 bits per heavy atom. The number of carbonyl (C=O) groups is 2. The summed E-state index contributed by atoms with van der Waals surface area (Å²) < 4.78 is 30.9. The van der Waals surface area contributed by atoms with Crippen LogP contribution in [0.1, 0.15) is 42.2 Å². The Hall–Kier alpha value is -3.56. The van der Waals surface area contributed by atoms with Crippen LogP contribution in [0.4, 0.5) is 0 Å². The van der Waals surface area contributed by atoms with Crippen molar-refractivity contribution >= 4 is 11.9 Å². The molecule has 240 valence electrons. The second kappa shape index (κ2) is 16.5. The summed E-state index contributed by atoms with van der Waals surface area (Å²) in [5, 5.41) is 11.0. The molecule has 0 unspecified atom stereocenters. The number of hydrogen-bond donors (Lipinski definition) is 1. The van der Waals surface area contributed by atoms with E-state index in [4.69, 9.17) is 23.7 Å². The number of rotatable bonds is 13. The number of benzene rings is 3. The van der Waals surface area contributed by atoms with Crippen molar-refractivity contribution in [3.05, 3.63) is 129 Å². The van der Waals surface area contributed by atoms with Crippen LogP contribution in [-0.2, 0) is 29.4 Å². The van der Waals surface area contributed by atoms with Gasteiger partial charge in [-0.2, -0.15) is 0 Å². The summed E-state index contributed by atoms with van der Waals surface area (Å²) in [6, 6.07) is 25.6. The van der Waals surface area contributed by atoms with Gasteiger partial charge in [-0.05, 0) is 47.4 Å². The van der Waals surface area contributed by atoms with Crippen LogP contribution in [0.25, 0.3) is 0 Å². The fourth-order valence-corrected chi connectivity index (χ4v) is 5.51. The predicted molar refractivity (Wildman–Crippen MR) is 162 cm³/mol. The standard InChI is InChI=1S/C34H34N2O10.K/c1-42-25-12-8-23(9-13-25)34(22-6-4-3-5-7-22,24-10-14-26(43-2)15-11-24)44-21-28-27(46-32(40)17-16-31(38)39)20-30(45-28)36-19-18-29(37)35-33(36)41;/h3-15,18-19,27-28,30H,16-17,20-21H2,1-2H3,(H,38,39)(H,35,37,41);/q;+1/p-1/t27-,28+,30+;/m0./s1. The van der Waals surface area contributed by atoms with E-state index in [1.165, 1.54) is 16.8 Å². The maximum absolute atomic E-state index is 12.6. The SMILES string of the molecule is COc1ccc(C(OC[C@H]2O[C@@H](n3ccc(=O)[nH]c3=O)C[C@@H]2OC(=O)CCC(=O)[O-])(c2ccccc2)c2ccc(OC)cc2)cc1.[K+]. The molecule has 3 atom stereocenters. The zero-order valence-corrected chi connectivity index (χ0v) is 29.4. The monoisotopic (exact) mass is 668 g/mol. The van der Waals surface area contributed by atoms with E-state index >= 15 is 0 Å². The first-order chi connectivity index (χ1) is 22.2. The van der Waals surface area contributed by atoms with E-state index in [9.17, 15) is 24.3 Å². The zero-order chi connectivity index (χ0) is 32.7. The Kier molecular flexibility index (Phi) is 12.7. The minimum Gasteiger partial charge on any atom is -0.550 e. The molecule has 0 spiro atoms.